The number of rotatable bonds is 4. The minimum atomic E-state index is -0.0272. The van der Waals surface area contributed by atoms with Gasteiger partial charge in [0.1, 0.15) is 0 Å². The van der Waals surface area contributed by atoms with Gasteiger partial charge >= 0.3 is 0 Å². The van der Waals surface area contributed by atoms with Gasteiger partial charge in [-0.3, -0.25) is 9.59 Å². The molecular formula is C17H24N2O2S. The second-order valence-corrected chi connectivity index (χ2v) is 7.59. The summed E-state index contributed by atoms with van der Waals surface area (Å²) in [6.07, 6.45) is 4.09. The highest BCUT2D eigenvalue weighted by Gasteiger charge is 2.39. The lowest BCUT2D eigenvalue weighted by Gasteiger charge is -2.36. The fraction of sp³-hybridized carbons (Fsp3) is 0.647. The summed E-state index contributed by atoms with van der Waals surface area (Å²) in [4.78, 5) is 30.1. The summed E-state index contributed by atoms with van der Waals surface area (Å²) in [6, 6.07) is 4.46. The van der Waals surface area contributed by atoms with E-state index in [0.717, 1.165) is 37.1 Å². The van der Waals surface area contributed by atoms with Crippen molar-refractivity contribution in [2.24, 2.45) is 5.92 Å². The summed E-state index contributed by atoms with van der Waals surface area (Å²) >= 11 is 1.47. The molecule has 1 saturated heterocycles. The van der Waals surface area contributed by atoms with Crippen molar-refractivity contribution in [1.82, 2.24) is 9.80 Å². The van der Waals surface area contributed by atoms with Crippen molar-refractivity contribution in [1.29, 1.82) is 0 Å². The maximum Gasteiger partial charge on any atom is 0.263 e. The van der Waals surface area contributed by atoms with Gasteiger partial charge in [0.25, 0.3) is 5.91 Å². The van der Waals surface area contributed by atoms with E-state index in [4.69, 9.17) is 0 Å². The monoisotopic (exact) mass is 320 g/mol. The van der Waals surface area contributed by atoms with Crippen LogP contribution in [0.2, 0.25) is 0 Å². The Morgan fingerprint density at radius 3 is 2.68 bits per heavy atom. The molecule has 0 radical (unpaired) electrons. The molecule has 2 heterocycles. The lowest BCUT2D eigenvalue weighted by Crippen LogP contribution is -2.49. The van der Waals surface area contributed by atoms with E-state index in [9.17, 15) is 9.59 Å². The predicted octanol–water partition coefficient (Wildman–Crippen LogP) is 3.00. The van der Waals surface area contributed by atoms with Crippen LogP contribution < -0.4 is 0 Å². The topological polar surface area (TPSA) is 40.6 Å². The normalized spacial score (nSPS) is 22.0. The van der Waals surface area contributed by atoms with E-state index in [1.165, 1.54) is 11.3 Å². The highest BCUT2D eigenvalue weighted by molar-refractivity contribution is 7.12. The van der Waals surface area contributed by atoms with E-state index in [-0.39, 0.29) is 23.8 Å². The molecule has 0 N–H and O–H groups in total. The number of thiophene rings is 1. The second kappa shape index (κ2) is 6.41. The number of amides is 2. The van der Waals surface area contributed by atoms with Gasteiger partial charge in [0.2, 0.25) is 5.91 Å². The standard InChI is InChI=1S/C17H24N2O2S/c1-12(2)19(14-7-8-14)16(20)13-5-3-9-18(11-13)17(21)15-6-4-10-22-15/h4,6,10,12-14H,3,5,7-9,11H2,1-2H3. The maximum atomic E-state index is 12.9. The van der Waals surface area contributed by atoms with Crippen molar-refractivity contribution in [3.63, 3.8) is 0 Å². The Morgan fingerprint density at radius 2 is 2.09 bits per heavy atom. The highest BCUT2D eigenvalue weighted by atomic mass is 32.1. The lowest BCUT2D eigenvalue weighted by molar-refractivity contribution is -0.139. The third kappa shape index (κ3) is 3.19. The van der Waals surface area contributed by atoms with Crippen molar-refractivity contribution in [2.75, 3.05) is 13.1 Å². The van der Waals surface area contributed by atoms with Gasteiger partial charge in [-0.25, -0.2) is 0 Å². The Labute approximate surface area is 136 Å². The van der Waals surface area contributed by atoms with Gasteiger partial charge in [0, 0.05) is 25.2 Å². The molecule has 1 saturated carbocycles. The van der Waals surface area contributed by atoms with Gasteiger partial charge in [-0.1, -0.05) is 6.07 Å². The van der Waals surface area contributed by atoms with Crippen LogP contribution in [0.1, 0.15) is 49.2 Å². The average Bonchev–Trinajstić information content (AvgIpc) is 3.18. The quantitative estimate of drug-likeness (QED) is 0.855. The Hall–Kier alpha value is -1.36. The van der Waals surface area contributed by atoms with E-state index in [1.54, 1.807) is 0 Å². The van der Waals surface area contributed by atoms with Crippen molar-refractivity contribution >= 4 is 23.2 Å². The summed E-state index contributed by atoms with van der Waals surface area (Å²) < 4.78 is 0. The second-order valence-electron chi connectivity index (χ2n) is 6.64. The number of nitrogens with zero attached hydrogens (tertiary/aromatic N) is 2. The zero-order chi connectivity index (χ0) is 15.7. The summed E-state index contributed by atoms with van der Waals surface area (Å²) in [5.74, 6) is 0.303. The van der Waals surface area contributed by atoms with Crippen LogP contribution in [0.4, 0.5) is 0 Å². The van der Waals surface area contributed by atoms with Crippen LogP contribution in [0, 0.1) is 5.92 Å². The number of carbonyl (C=O) groups excluding carboxylic acids is 2. The molecule has 1 atom stereocenters. The summed E-state index contributed by atoms with van der Waals surface area (Å²) in [5, 5.41) is 1.92. The zero-order valence-electron chi connectivity index (χ0n) is 13.3. The fourth-order valence-electron chi connectivity index (χ4n) is 3.34. The predicted molar refractivity (Wildman–Crippen MR) is 88.0 cm³/mol. The molecular weight excluding hydrogens is 296 g/mol. The van der Waals surface area contributed by atoms with Crippen molar-refractivity contribution in [3.8, 4) is 0 Å². The molecule has 2 aliphatic rings. The van der Waals surface area contributed by atoms with E-state index >= 15 is 0 Å². The molecule has 1 aliphatic heterocycles. The van der Waals surface area contributed by atoms with Gasteiger partial charge in [-0.15, -0.1) is 11.3 Å². The molecule has 5 heteroatoms. The third-order valence-electron chi connectivity index (χ3n) is 4.54. The van der Waals surface area contributed by atoms with Crippen LogP contribution in [0.25, 0.3) is 0 Å². The average molecular weight is 320 g/mol. The molecule has 1 aliphatic carbocycles. The summed E-state index contributed by atoms with van der Waals surface area (Å²) in [5.41, 5.74) is 0. The molecule has 0 bridgehead atoms. The number of carbonyl (C=O) groups is 2. The molecule has 120 valence electrons. The molecule has 0 aromatic carbocycles. The van der Waals surface area contributed by atoms with Crippen molar-refractivity contribution < 1.29 is 9.59 Å². The van der Waals surface area contributed by atoms with E-state index in [1.807, 2.05) is 22.4 Å². The van der Waals surface area contributed by atoms with Crippen molar-refractivity contribution in [3.05, 3.63) is 22.4 Å². The Kier molecular flexibility index (Phi) is 4.52. The van der Waals surface area contributed by atoms with Crippen LogP contribution in [0.15, 0.2) is 17.5 Å². The van der Waals surface area contributed by atoms with Crippen molar-refractivity contribution in [2.45, 2.75) is 51.6 Å². The highest BCUT2D eigenvalue weighted by Crippen LogP contribution is 2.32. The molecule has 2 amide bonds. The van der Waals surface area contributed by atoms with Crippen LogP contribution in [-0.2, 0) is 4.79 Å². The molecule has 1 unspecified atom stereocenters. The Bertz CT molecular complexity index is 535. The first-order valence-electron chi connectivity index (χ1n) is 8.23. The smallest absolute Gasteiger partial charge is 0.263 e. The number of hydrogen-bond acceptors (Lipinski definition) is 3. The molecule has 0 spiro atoms. The molecule has 2 fully saturated rings. The van der Waals surface area contributed by atoms with Crippen LogP contribution in [0.5, 0.6) is 0 Å². The van der Waals surface area contributed by atoms with Gasteiger partial charge in [0.05, 0.1) is 10.8 Å². The largest absolute Gasteiger partial charge is 0.337 e. The Balaban J connectivity index is 1.67. The maximum absolute atomic E-state index is 12.9. The van der Waals surface area contributed by atoms with Crippen LogP contribution >= 0.6 is 11.3 Å². The molecule has 4 nitrogen and oxygen atoms in total. The van der Waals surface area contributed by atoms with E-state index < -0.39 is 0 Å². The molecule has 1 aromatic rings. The first-order valence-corrected chi connectivity index (χ1v) is 9.11. The molecule has 1 aromatic heterocycles. The summed E-state index contributed by atoms with van der Waals surface area (Å²) in [7, 11) is 0. The summed E-state index contributed by atoms with van der Waals surface area (Å²) in [6.45, 7) is 5.53. The Morgan fingerprint density at radius 1 is 1.32 bits per heavy atom. The van der Waals surface area contributed by atoms with Gasteiger partial charge in [-0.2, -0.15) is 0 Å². The van der Waals surface area contributed by atoms with Gasteiger partial charge in [0.15, 0.2) is 0 Å². The first-order chi connectivity index (χ1) is 10.6. The third-order valence-corrected chi connectivity index (χ3v) is 5.40. The van der Waals surface area contributed by atoms with Crippen LogP contribution in [-0.4, -0.2) is 46.8 Å². The molecule has 3 rings (SSSR count). The van der Waals surface area contributed by atoms with E-state index in [2.05, 4.69) is 18.7 Å². The van der Waals surface area contributed by atoms with Gasteiger partial charge in [-0.05, 0) is 51.0 Å². The first kappa shape index (κ1) is 15.5. The number of hydrogen-bond donors (Lipinski definition) is 0. The minimum absolute atomic E-state index is 0.0272. The van der Waals surface area contributed by atoms with E-state index in [0.29, 0.717) is 12.6 Å². The molecule has 22 heavy (non-hydrogen) atoms. The SMILES string of the molecule is CC(C)N(C(=O)C1CCCN(C(=O)c2cccs2)C1)C1CC1. The number of piperidine rings is 1. The zero-order valence-corrected chi connectivity index (χ0v) is 14.1. The lowest BCUT2D eigenvalue weighted by atomic mass is 9.95. The van der Waals surface area contributed by atoms with Gasteiger partial charge < -0.3 is 9.80 Å². The fourth-order valence-corrected chi connectivity index (χ4v) is 4.03. The number of likely N-dealkylation sites (tertiary alicyclic amines) is 1. The van der Waals surface area contributed by atoms with Crippen LogP contribution in [0.3, 0.4) is 0 Å². The minimum Gasteiger partial charge on any atom is -0.337 e.